The molecule has 0 radical (unpaired) electrons. The first-order valence-corrected chi connectivity index (χ1v) is 7.25. The number of hydrogen-bond acceptors (Lipinski definition) is 4. The fourth-order valence-electron chi connectivity index (χ4n) is 2.40. The van der Waals surface area contributed by atoms with Crippen LogP contribution in [0.15, 0.2) is 52.7 Å². The SMILES string of the molecule is Cc1cccc2nc(C(C)C)c(N=Nc3cccc(O)c3)n12. The predicted octanol–water partition coefficient (Wildman–Crippen LogP) is 4.89. The van der Waals surface area contributed by atoms with Crippen LogP contribution in [0, 0.1) is 6.92 Å². The molecule has 0 bridgehead atoms. The van der Waals surface area contributed by atoms with Gasteiger partial charge in [-0.1, -0.05) is 26.0 Å². The van der Waals surface area contributed by atoms with Crippen LogP contribution in [0.1, 0.15) is 31.2 Å². The van der Waals surface area contributed by atoms with Crippen molar-refractivity contribution in [3.63, 3.8) is 0 Å². The first-order chi connectivity index (χ1) is 10.6. The van der Waals surface area contributed by atoms with Crippen LogP contribution in [0.2, 0.25) is 0 Å². The van der Waals surface area contributed by atoms with E-state index < -0.39 is 0 Å². The molecule has 2 aromatic heterocycles. The molecule has 0 atom stereocenters. The normalized spacial score (nSPS) is 11.8. The minimum Gasteiger partial charge on any atom is -0.508 e. The fraction of sp³-hybridized carbons (Fsp3) is 0.235. The Balaban J connectivity index is 2.14. The number of phenolic OH excluding ortho intramolecular Hbond substituents is 1. The lowest BCUT2D eigenvalue weighted by Gasteiger charge is -2.03. The number of fused-ring (bicyclic) bond motifs is 1. The van der Waals surface area contributed by atoms with E-state index in [9.17, 15) is 5.11 Å². The molecule has 3 rings (SSSR count). The number of nitrogens with zero attached hydrogens (tertiary/aromatic N) is 4. The zero-order valence-electron chi connectivity index (χ0n) is 12.9. The van der Waals surface area contributed by atoms with Gasteiger partial charge in [0.25, 0.3) is 0 Å². The van der Waals surface area contributed by atoms with E-state index in [1.165, 1.54) is 0 Å². The van der Waals surface area contributed by atoms with E-state index in [0.29, 0.717) is 5.69 Å². The van der Waals surface area contributed by atoms with Crippen molar-refractivity contribution in [3.8, 4) is 5.75 Å². The summed E-state index contributed by atoms with van der Waals surface area (Å²) in [7, 11) is 0. The largest absolute Gasteiger partial charge is 0.508 e. The number of aromatic hydroxyl groups is 1. The van der Waals surface area contributed by atoms with Gasteiger partial charge in [0, 0.05) is 11.8 Å². The van der Waals surface area contributed by atoms with E-state index in [4.69, 9.17) is 0 Å². The van der Waals surface area contributed by atoms with Crippen LogP contribution in [0.4, 0.5) is 11.5 Å². The van der Waals surface area contributed by atoms with Gasteiger partial charge in [-0.25, -0.2) is 4.98 Å². The van der Waals surface area contributed by atoms with E-state index in [0.717, 1.165) is 22.9 Å². The molecule has 5 heteroatoms. The molecule has 22 heavy (non-hydrogen) atoms. The van der Waals surface area contributed by atoms with Gasteiger partial charge < -0.3 is 5.11 Å². The summed E-state index contributed by atoms with van der Waals surface area (Å²) in [4.78, 5) is 4.66. The second kappa shape index (κ2) is 5.60. The number of benzene rings is 1. The van der Waals surface area contributed by atoms with Gasteiger partial charge in [-0.05, 0) is 37.1 Å². The van der Waals surface area contributed by atoms with Crippen molar-refractivity contribution in [2.75, 3.05) is 0 Å². The van der Waals surface area contributed by atoms with E-state index in [1.54, 1.807) is 24.3 Å². The summed E-state index contributed by atoms with van der Waals surface area (Å²) in [5.41, 5.74) is 3.45. The van der Waals surface area contributed by atoms with Gasteiger partial charge in [-0.2, -0.15) is 0 Å². The molecule has 0 aliphatic carbocycles. The van der Waals surface area contributed by atoms with E-state index in [1.807, 2.05) is 29.5 Å². The molecule has 1 aromatic carbocycles. The van der Waals surface area contributed by atoms with Crippen LogP contribution in [0.25, 0.3) is 5.65 Å². The molecule has 0 unspecified atom stereocenters. The summed E-state index contributed by atoms with van der Waals surface area (Å²) >= 11 is 0. The molecule has 3 aromatic rings. The molecule has 0 aliphatic heterocycles. The zero-order valence-corrected chi connectivity index (χ0v) is 12.9. The highest BCUT2D eigenvalue weighted by atomic mass is 16.3. The van der Waals surface area contributed by atoms with Crippen LogP contribution >= 0.6 is 0 Å². The number of phenols is 1. The summed E-state index contributed by atoms with van der Waals surface area (Å²) in [6, 6.07) is 12.7. The number of azo groups is 1. The standard InChI is InChI=1S/C17H18N4O/c1-11(2)16-17(20-19-13-7-5-8-14(22)10-13)21-12(3)6-4-9-15(21)18-16/h4-11,22H,1-3H3. The fourth-order valence-corrected chi connectivity index (χ4v) is 2.40. The smallest absolute Gasteiger partial charge is 0.183 e. The average Bonchev–Trinajstić information content (AvgIpc) is 2.85. The molecular formula is C17H18N4O. The highest BCUT2D eigenvalue weighted by Crippen LogP contribution is 2.30. The zero-order chi connectivity index (χ0) is 15.7. The Morgan fingerprint density at radius 3 is 2.59 bits per heavy atom. The first-order valence-electron chi connectivity index (χ1n) is 7.25. The van der Waals surface area contributed by atoms with Gasteiger partial charge in [-0.15, -0.1) is 10.2 Å². The summed E-state index contributed by atoms with van der Waals surface area (Å²) in [5.74, 6) is 1.17. The number of aromatic nitrogens is 2. The molecule has 0 fully saturated rings. The third-order valence-electron chi connectivity index (χ3n) is 3.48. The van der Waals surface area contributed by atoms with Gasteiger partial charge in [0.2, 0.25) is 0 Å². The van der Waals surface area contributed by atoms with Gasteiger partial charge in [0.1, 0.15) is 11.4 Å². The maximum Gasteiger partial charge on any atom is 0.183 e. The Morgan fingerprint density at radius 1 is 1.09 bits per heavy atom. The molecule has 5 nitrogen and oxygen atoms in total. The predicted molar refractivity (Wildman–Crippen MR) is 86.3 cm³/mol. The third-order valence-corrected chi connectivity index (χ3v) is 3.48. The Morgan fingerprint density at radius 2 is 1.86 bits per heavy atom. The molecule has 112 valence electrons. The van der Waals surface area contributed by atoms with Crippen molar-refractivity contribution in [1.82, 2.24) is 9.38 Å². The van der Waals surface area contributed by atoms with E-state index >= 15 is 0 Å². The number of rotatable bonds is 3. The molecule has 0 spiro atoms. The molecule has 0 aliphatic rings. The lowest BCUT2D eigenvalue weighted by atomic mass is 10.1. The summed E-state index contributed by atoms with van der Waals surface area (Å²) < 4.78 is 2.00. The summed E-state index contributed by atoms with van der Waals surface area (Å²) in [6.07, 6.45) is 0. The van der Waals surface area contributed by atoms with Crippen LogP contribution < -0.4 is 0 Å². The summed E-state index contributed by atoms with van der Waals surface area (Å²) in [5, 5.41) is 18.2. The van der Waals surface area contributed by atoms with Crippen molar-refractivity contribution >= 4 is 17.2 Å². The minimum atomic E-state index is 0.176. The third kappa shape index (κ3) is 2.57. The topological polar surface area (TPSA) is 62.2 Å². The molecule has 0 saturated heterocycles. The van der Waals surface area contributed by atoms with E-state index in [2.05, 4.69) is 29.1 Å². The average molecular weight is 294 g/mol. The molecule has 0 amide bonds. The number of hydrogen-bond donors (Lipinski definition) is 1. The summed E-state index contributed by atoms with van der Waals surface area (Å²) in [6.45, 7) is 6.20. The first kappa shape index (κ1) is 14.3. The Hall–Kier alpha value is -2.69. The van der Waals surface area contributed by atoms with Crippen LogP contribution in [0.5, 0.6) is 5.75 Å². The van der Waals surface area contributed by atoms with Crippen LogP contribution in [-0.2, 0) is 0 Å². The number of aryl methyl sites for hydroxylation is 1. The highest BCUT2D eigenvalue weighted by molar-refractivity contribution is 5.54. The Kier molecular flexibility index (Phi) is 3.63. The maximum absolute atomic E-state index is 9.51. The molecule has 1 N–H and O–H groups in total. The second-order valence-electron chi connectivity index (χ2n) is 5.56. The number of imidazole rings is 1. The monoisotopic (exact) mass is 294 g/mol. The van der Waals surface area contributed by atoms with Crippen molar-refractivity contribution in [2.24, 2.45) is 10.2 Å². The molecule has 0 saturated carbocycles. The molecule has 2 heterocycles. The van der Waals surface area contributed by atoms with Gasteiger partial charge >= 0.3 is 0 Å². The second-order valence-corrected chi connectivity index (χ2v) is 5.56. The van der Waals surface area contributed by atoms with Gasteiger partial charge in [-0.3, -0.25) is 4.40 Å². The van der Waals surface area contributed by atoms with Crippen molar-refractivity contribution in [2.45, 2.75) is 26.7 Å². The van der Waals surface area contributed by atoms with Crippen LogP contribution in [0.3, 0.4) is 0 Å². The van der Waals surface area contributed by atoms with Crippen molar-refractivity contribution in [3.05, 3.63) is 53.9 Å². The maximum atomic E-state index is 9.51. The van der Waals surface area contributed by atoms with Crippen LogP contribution in [-0.4, -0.2) is 14.5 Å². The lowest BCUT2D eigenvalue weighted by molar-refractivity contribution is 0.475. The number of pyridine rings is 1. The quantitative estimate of drug-likeness (QED) is 0.699. The highest BCUT2D eigenvalue weighted by Gasteiger charge is 2.16. The van der Waals surface area contributed by atoms with Crippen molar-refractivity contribution in [1.29, 1.82) is 0 Å². The molecular weight excluding hydrogens is 276 g/mol. The Labute approximate surface area is 129 Å². The lowest BCUT2D eigenvalue weighted by Crippen LogP contribution is -1.90. The van der Waals surface area contributed by atoms with Crippen molar-refractivity contribution < 1.29 is 5.11 Å². The van der Waals surface area contributed by atoms with Gasteiger partial charge in [0.15, 0.2) is 5.82 Å². The minimum absolute atomic E-state index is 0.176. The van der Waals surface area contributed by atoms with E-state index in [-0.39, 0.29) is 11.7 Å². The Bertz CT molecular complexity index is 849. The van der Waals surface area contributed by atoms with Gasteiger partial charge in [0.05, 0.1) is 11.4 Å².